The molecule has 3 amide bonds. The number of rotatable bonds is 1. The number of carbonyl (C=O) groups excluding carboxylic acids is 3. The van der Waals surface area contributed by atoms with E-state index in [1.54, 1.807) is 18.2 Å². The van der Waals surface area contributed by atoms with Crippen molar-refractivity contribution in [3.05, 3.63) is 29.5 Å². The van der Waals surface area contributed by atoms with E-state index >= 15 is 0 Å². The van der Waals surface area contributed by atoms with E-state index in [0.717, 1.165) is 0 Å². The van der Waals surface area contributed by atoms with Gasteiger partial charge in [-0.1, -0.05) is 6.07 Å². The van der Waals surface area contributed by atoms with E-state index in [0.29, 0.717) is 17.0 Å². The molecular formula is C12H8N2O5. The summed E-state index contributed by atoms with van der Waals surface area (Å²) in [4.78, 5) is 33.4. The molecule has 7 heteroatoms. The van der Waals surface area contributed by atoms with Gasteiger partial charge in [0.15, 0.2) is 12.4 Å². The Hall–Kier alpha value is -2.83. The molecule has 7 nitrogen and oxygen atoms in total. The molecule has 0 bridgehead atoms. The molecule has 0 aromatic heterocycles. The molecular weight excluding hydrogens is 252 g/mol. The molecule has 2 N–H and O–H groups in total. The van der Waals surface area contributed by atoms with E-state index in [-0.39, 0.29) is 18.3 Å². The Morgan fingerprint density at radius 1 is 1.16 bits per heavy atom. The van der Waals surface area contributed by atoms with Gasteiger partial charge in [-0.25, -0.2) is 4.79 Å². The van der Waals surface area contributed by atoms with Gasteiger partial charge in [0.05, 0.1) is 5.69 Å². The van der Waals surface area contributed by atoms with E-state index in [9.17, 15) is 14.4 Å². The quantitative estimate of drug-likeness (QED) is 0.722. The highest BCUT2D eigenvalue weighted by molar-refractivity contribution is 6.10. The van der Waals surface area contributed by atoms with Crippen LogP contribution in [0.2, 0.25) is 0 Å². The zero-order valence-electron chi connectivity index (χ0n) is 9.56. The van der Waals surface area contributed by atoms with Crippen molar-refractivity contribution in [2.75, 3.05) is 11.9 Å². The van der Waals surface area contributed by atoms with Crippen molar-refractivity contribution in [2.24, 2.45) is 0 Å². The molecule has 0 saturated carbocycles. The second-order valence-electron chi connectivity index (χ2n) is 3.94. The van der Waals surface area contributed by atoms with Gasteiger partial charge in [-0.05, 0) is 23.8 Å². The Morgan fingerprint density at radius 3 is 2.74 bits per heavy atom. The van der Waals surface area contributed by atoms with Crippen molar-refractivity contribution >= 4 is 29.7 Å². The molecule has 1 fully saturated rings. The summed E-state index contributed by atoms with van der Waals surface area (Å²) >= 11 is 0. The maximum atomic E-state index is 11.3. The first-order valence-electron chi connectivity index (χ1n) is 5.43. The van der Waals surface area contributed by atoms with Gasteiger partial charge in [0, 0.05) is 0 Å². The minimum absolute atomic E-state index is 0.0204. The Morgan fingerprint density at radius 2 is 2.00 bits per heavy atom. The van der Waals surface area contributed by atoms with Crippen LogP contribution in [0.5, 0.6) is 5.75 Å². The van der Waals surface area contributed by atoms with Gasteiger partial charge < -0.3 is 14.8 Å². The lowest BCUT2D eigenvalue weighted by molar-refractivity contribution is -0.118. The number of hydrogen-bond donors (Lipinski definition) is 2. The fraction of sp³-hybridized carbons (Fsp3) is 0.0833. The topological polar surface area (TPSA) is 93.7 Å². The Kier molecular flexibility index (Phi) is 2.45. The number of cyclic esters (lactones) is 1. The van der Waals surface area contributed by atoms with Crippen LogP contribution in [-0.2, 0) is 14.3 Å². The third-order valence-electron chi connectivity index (χ3n) is 2.58. The van der Waals surface area contributed by atoms with E-state index in [4.69, 9.17) is 4.74 Å². The zero-order valence-corrected chi connectivity index (χ0v) is 9.56. The van der Waals surface area contributed by atoms with Crippen molar-refractivity contribution in [2.45, 2.75) is 0 Å². The van der Waals surface area contributed by atoms with E-state index in [1.165, 1.54) is 6.08 Å². The molecule has 0 spiro atoms. The first kappa shape index (κ1) is 11.3. The summed E-state index contributed by atoms with van der Waals surface area (Å²) in [7, 11) is 0. The Bertz CT molecular complexity index is 635. The highest BCUT2D eigenvalue weighted by atomic mass is 16.6. The monoisotopic (exact) mass is 260 g/mol. The minimum Gasteiger partial charge on any atom is -0.482 e. The van der Waals surface area contributed by atoms with Crippen LogP contribution in [0.1, 0.15) is 5.56 Å². The van der Waals surface area contributed by atoms with Gasteiger partial charge >= 0.3 is 6.09 Å². The van der Waals surface area contributed by atoms with Gasteiger partial charge in [0.25, 0.3) is 11.8 Å². The minimum atomic E-state index is -0.800. The molecule has 3 rings (SSSR count). The van der Waals surface area contributed by atoms with Crippen LogP contribution in [0.25, 0.3) is 6.08 Å². The molecule has 0 aliphatic carbocycles. The van der Waals surface area contributed by atoms with Crippen LogP contribution >= 0.6 is 0 Å². The molecule has 96 valence electrons. The number of benzene rings is 1. The SMILES string of the molecule is O=C1COc2ccc(C=C3OC(=O)NC3=O)cc2N1. The predicted molar refractivity (Wildman–Crippen MR) is 63.2 cm³/mol. The summed E-state index contributed by atoms with van der Waals surface area (Å²) in [5, 5.41) is 4.64. The molecule has 19 heavy (non-hydrogen) atoms. The summed E-state index contributed by atoms with van der Waals surface area (Å²) in [5.41, 5.74) is 1.11. The molecule has 0 radical (unpaired) electrons. The van der Waals surface area contributed by atoms with Crippen molar-refractivity contribution < 1.29 is 23.9 Å². The molecule has 2 aliphatic rings. The van der Waals surface area contributed by atoms with Crippen molar-refractivity contribution in [3.63, 3.8) is 0 Å². The summed E-state index contributed by atoms with van der Waals surface area (Å²) in [5.74, 6) is -0.382. The summed E-state index contributed by atoms with van der Waals surface area (Å²) in [6.07, 6.45) is 0.604. The van der Waals surface area contributed by atoms with Crippen molar-refractivity contribution in [3.8, 4) is 5.75 Å². The second-order valence-corrected chi connectivity index (χ2v) is 3.94. The van der Waals surface area contributed by atoms with Crippen LogP contribution in [0.4, 0.5) is 10.5 Å². The van der Waals surface area contributed by atoms with E-state index in [2.05, 4.69) is 10.1 Å². The Balaban J connectivity index is 1.92. The fourth-order valence-corrected chi connectivity index (χ4v) is 1.76. The van der Waals surface area contributed by atoms with Crippen LogP contribution in [-0.4, -0.2) is 24.5 Å². The highest BCUT2D eigenvalue weighted by Crippen LogP contribution is 2.29. The van der Waals surface area contributed by atoms with Crippen LogP contribution in [0.15, 0.2) is 24.0 Å². The third kappa shape index (κ3) is 2.13. The number of amides is 3. The normalized spacial score (nSPS) is 19.4. The Labute approximate surface area is 107 Å². The standard InChI is InChI=1S/C12H8N2O5/c15-10-5-18-8-2-1-6(3-7(8)13-10)4-9-11(16)14-12(17)19-9/h1-4H,5H2,(H,13,15)(H,14,16,17). The lowest BCUT2D eigenvalue weighted by Crippen LogP contribution is -2.25. The number of hydrogen-bond acceptors (Lipinski definition) is 5. The number of alkyl carbamates (subject to hydrolysis) is 1. The largest absolute Gasteiger partial charge is 0.482 e. The van der Waals surface area contributed by atoms with Crippen molar-refractivity contribution in [1.82, 2.24) is 5.32 Å². The average Bonchev–Trinajstić information content (AvgIpc) is 2.67. The lowest BCUT2D eigenvalue weighted by atomic mass is 10.1. The van der Waals surface area contributed by atoms with Gasteiger partial charge in [-0.15, -0.1) is 0 Å². The molecule has 1 aromatic carbocycles. The predicted octanol–water partition coefficient (Wildman–Crippen LogP) is 0.625. The molecule has 2 aliphatic heterocycles. The summed E-state index contributed by atoms with van der Waals surface area (Å²) in [6.45, 7) is -0.0204. The highest BCUT2D eigenvalue weighted by Gasteiger charge is 2.26. The molecule has 1 saturated heterocycles. The first-order chi connectivity index (χ1) is 9.11. The lowest BCUT2D eigenvalue weighted by Gasteiger charge is -2.17. The molecule has 1 aromatic rings. The molecule has 0 unspecified atom stereocenters. The number of anilines is 1. The van der Waals surface area contributed by atoms with Gasteiger partial charge in [-0.3, -0.25) is 14.9 Å². The maximum absolute atomic E-state index is 11.3. The fourth-order valence-electron chi connectivity index (χ4n) is 1.76. The van der Waals surface area contributed by atoms with Crippen molar-refractivity contribution in [1.29, 1.82) is 0 Å². The van der Waals surface area contributed by atoms with E-state index in [1.807, 2.05) is 5.32 Å². The summed E-state index contributed by atoms with van der Waals surface area (Å²) < 4.78 is 9.89. The number of ether oxygens (including phenoxy) is 2. The number of imide groups is 1. The number of fused-ring (bicyclic) bond motifs is 1. The second kappa shape index (κ2) is 4.13. The third-order valence-corrected chi connectivity index (χ3v) is 2.58. The van der Waals surface area contributed by atoms with Gasteiger partial charge in [0.2, 0.25) is 0 Å². The van der Waals surface area contributed by atoms with Crippen LogP contribution < -0.4 is 15.4 Å². The average molecular weight is 260 g/mol. The maximum Gasteiger partial charge on any atom is 0.419 e. The summed E-state index contributed by atoms with van der Waals surface area (Å²) in [6, 6.07) is 4.97. The van der Waals surface area contributed by atoms with Gasteiger partial charge in [0.1, 0.15) is 5.75 Å². The van der Waals surface area contributed by atoms with E-state index < -0.39 is 12.0 Å². The van der Waals surface area contributed by atoms with Gasteiger partial charge in [-0.2, -0.15) is 0 Å². The number of nitrogens with one attached hydrogen (secondary N) is 2. The van der Waals surface area contributed by atoms with Crippen LogP contribution in [0.3, 0.4) is 0 Å². The molecule has 0 atom stereocenters. The van der Waals surface area contributed by atoms with Crippen LogP contribution in [0, 0.1) is 0 Å². The molecule has 2 heterocycles. The smallest absolute Gasteiger partial charge is 0.419 e. The number of carbonyl (C=O) groups is 3. The zero-order chi connectivity index (χ0) is 13.4. The first-order valence-corrected chi connectivity index (χ1v) is 5.43.